The lowest BCUT2D eigenvalue weighted by atomic mass is 10.0. The quantitative estimate of drug-likeness (QED) is 0.266. The molecule has 3 aromatic carbocycles. The van der Waals surface area contributed by atoms with Gasteiger partial charge >= 0.3 is 12.1 Å². The summed E-state index contributed by atoms with van der Waals surface area (Å²) in [6.45, 7) is 3.54. The Labute approximate surface area is 206 Å². The highest BCUT2D eigenvalue weighted by Crippen LogP contribution is 2.34. The lowest BCUT2D eigenvalue weighted by Gasteiger charge is -2.14. The molecule has 180 valence electrons. The van der Waals surface area contributed by atoms with E-state index in [2.05, 4.69) is 10.5 Å². The summed E-state index contributed by atoms with van der Waals surface area (Å²) in [6, 6.07) is 22.3. The largest absolute Gasteiger partial charge is 0.478 e. The molecular weight excluding hydrogens is 460 g/mol. The highest BCUT2D eigenvalue weighted by atomic mass is 16.6. The van der Waals surface area contributed by atoms with Gasteiger partial charge in [0.15, 0.2) is 5.76 Å². The molecule has 2 aromatic heterocycles. The zero-order chi connectivity index (χ0) is 25.2. The van der Waals surface area contributed by atoms with Gasteiger partial charge in [-0.3, -0.25) is 5.32 Å². The lowest BCUT2D eigenvalue weighted by molar-refractivity contribution is 0.0698. The standard InChI is InChI=1S/C28H22N2O6/c1-16-25(29-28(33)35-17(2)18-6-4-3-5-7-18)26(36-30-16)20-10-8-19(9-11-20)21-12-13-22-23(27(31)32)15-34-24(22)14-21/h3-15,17H,1-2H3,(H,29,33)(H,31,32). The molecule has 0 radical (unpaired) electrons. The van der Waals surface area contributed by atoms with E-state index in [1.165, 1.54) is 6.26 Å². The van der Waals surface area contributed by atoms with E-state index in [1.807, 2.05) is 60.7 Å². The van der Waals surface area contributed by atoms with Crippen molar-refractivity contribution in [1.82, 2.24) is 5.16 Å². The first-order chi connectivity index (χ1) is 17.4. The van der Waals surface area contributed by atoms with Crippen molar-refractivity contribution < 1.29 is 28.4 Å². The van der Waals surface area contributed by atoms with Gasteiger partial charge in [-0.05, 0) is 42.7 Å². The second kappa shape index (κ2) is 9.42. The molecule has 0 fully saturated rings. The van der Waals surface area contributed by atoms with Crippen molar-refractivity contribution in [2.45, 2.75) is 20.0 Å². The highest BCUT2D eigenvalue weighted by Gasteiger charge is 2.20. The van der Waals surface area contributed by atoms with Crippen LogP contribution in [0.25, 0.3) is 33.4 Å². The van der Waals surface area contributed by atoms with E-state index in [0.29, 0.717) is 28.1 Å². The normalized spacial score (nSPS) is 11.8. The Morgan fingerprint density at radius 2 is 1.67 bits per heavy atom. The number of hydrogen-bond acceptors (Lipinski definition) is 6. The van der Waals surface area contributed by atoms with Crippen LogP contribution in [0, 0.1) is 6.92 Å². The molecule has 5 aromatic rings. The number of aryl methyl sites for hydroxylation is 1. The molecule has 2 heterocycles. The molecule has 36 heavy (non-hydrogen) atoms. The molecule has 2 N–H and O–H groups in total. The monoisotopic (exact) mass is 482 g/mol. The van der Waals surface area contributed by atoms with E-state index >= 15 is 0 Å². The summed E-state index contributed by atoms with van der Waals surface area (Å²) in [4.78, 5) is 23.9. The number of carboxylic acids is 1. The number of aromatic nitrogens is 1. The van der Waals surface area contributed by atoms with E-state index in [0.717, 1.165) is 22.3 Å². The number of carbonyl (C=O) groups is 2. The van der Waals surface area contributed by atoms with Crippen molar-refractivity contribution in [3.63, 3.8) is 0 Å². The maximum Gasteiger partial charge on any atom is 0.412 e. The summed E-state index contributed by atoms with van der Waals surface area (Å²) in [5.41, 5.74) is 4.96. The van der Waals surface area contributed by atoms with Crippen molar-refractivity contribution in [3.8, 4) is 22.5 Å². The van der Waals surface area contributed by atoms with Crippen LogP contribution in [-0.2, 0) is 4.74 Å². The third-order valence-electron chi connectivity index (χ3n) is 5.93. The zero-order valence-corrected chi connectivity index (χ0v) is 19.5. The van der Waals surface area contributed by atoms with Gasteiger partial charge in [-0.2, -0.15) is 0 Å². The predicted molar refractivity (Wildman–Crippen MR) is 134 cm³/mol. The Bertz CT molecular complexity index is 1550. The number of carbonyl (C=O) groups excluding carboxylic acids is 1. The predicted octanol–water partition coefficient (Wildman–Crippen LogP) is 7.07. The molecule has 0 aliphatic carbocycles. The highest BCUT2D eigenvalue weighted by molar-refractivity contribution is 6.03. The van der Waals surface area contributed by atoms with Crippen molar-refractivity contribution >= 4 is 28.7 Å². The summed E-state index contributed by atoms with van der Waals surface area (Å²) in [5.74, 6) is -0.619. The average molecular weight is 482 g/mol. The fourth-order valence-electron chi connectivity index (χ4n) is 3.99. The summed E-state index contributed by atoms with van der Waals surface area (Å²) < 4.78 is 16.4. The van der Waals surface area contributed by atoms with Gasteiger partial charge in [0.25, 0.3) is 0 Å². The molecule has 0 aliphatic heterocycles. The molecule has 0 saturated carbocycles. The Kier molecular flexibility index (Phi) is 6.00. The summed E-state index contributed by atoms with van der Waals surface area (Å²) in [5, 5.41) is 16.6. The molecule has 1 atom stereocenters. The molecule has 0 saturated heterocycles. The summed E-state index contributed by atoms with van der Waals surface area (Å²) in [7, 11) is 0. The van der Waals surface area contributed by atoms with E-state index in [4.69, 9.17) is 13.7 Å². The number of fused-ring (bicyclic) bond motifs is 1. The van der Waals surface area contributed by atoms with Gasteiger partial charge in [0.1, 0.15) is 34.9 Å². The third kappa shape index (κ3) is 4.44. The van der Waals surface area contributed by atoms with Crippen LogP contribution < -0.4 is 5.32 Å². The van der Waals surface area contributed by atoms with Crippen LogP contribution in [0.5, 0.6) is 0 Å². The number of hydrogen-bond donors (Lipinski definition) is 2. The second-order valence-electron chi connectivity index (χ2n) is 8.30. The van der Waals surface area contributed by atoms with Crippen LogP contribution in [-0.4, -0.2) is 22.3 Å². The molecule has 8 nitrogen and oxygen atoms in total. The molecule has 8 heteroatoms. The van der Waals surface area contributed by atoms with E-state index < -0.39 is 18.2 Å². The topological polar surface area (TPSA) is 115 Å². The van der Waals surface area contributed by atoms with Crippen LogP contribution in [0.1, 0.15) is 34.6 Å². The van der Waals surface area contributed by atoms with E-state index in [-0.39, 0.29) is 5.56 Å². The van der Waals surface area contributed by atoms with Gasteiger partial charge in [0.2, 0.25) is 0 Å². The van der Waals surface area contributed by atoms with Crippen molar-refractivity contribution in [2.75, 3.05) is 5.32 Å². The first-order valence-corrected chi connectivity index (χ1v) is 11.2. The number of ether oxygens (including phenoxy) is 1. The summed E-state index contributed by atoms with van der Waals surface area (Å²) >= 11 is 0. The van der Waals surface area contributed by atoms with Crippen molar-refractivity contribution in [2.24, 2.45) is 0 Å². The molecular formula is C28H22N2O6. The Morgan fingerprint density at radius 3 is 2.39 bits per heavy atom. The average Bonchev–Trinajstić information content (AvgIpc) is 3.48. The minimum atomic E-state index is -1.03. The van der Waals surface area contributed by atoms with Crippen molar-refractivity contribution in [3.05, 3.63) is 95.9 Å². The van der Waals surface area contributed by atoms with Crippen LogP contribution >= 0.6 is 0 Å². The Hall–Kier alpha value is -4.85. The van der Waals surface area contributed by atoms with Gasteiger partial charge in [-0.25, -0.2) is 9.59 Å². The number of carboxylic acid groups (broad SMARTS) is 1. The molecule has 5 rings (SSSR count). The number of nitrogens with one attached hydrogen (secondary N) is 1. The SMILES string of the molecule is Cc1noc(-c2ccc(-c3ccc4c(C(=O)O)coc4c3)cc2)c1NC(=O)OC(C)c1ccccc1. The fourth-order valence-corrected chi connectivity index (χ4v) is 3.99. The number of furan rings is 1. The molecule has 0 aliphatic rings. The number of amides is 1. The fraction of sp³-hybridized carbons (Fsp3) is 0.107. The number of benzene rings is 3. The van der Waals surface area contributed by atoms with Gasteiger partial charge in [0, 0.05) is 10.9 Å². The van der Waals surface area contributed by atoms with E-state index in [9.17, 15) is 14.7 Å². The van der Waals surface area contributed by atoms with Crippen LogP contribution in [0.2, 0.25) is 0 Å². The van der Waals surface area contributed by atoms with Gasteiger partial charge in [-0.15, -0.1) is 0 Å². The zero-order valence-electron chi connectivity index (χ0n) is 19.5. The molecule has 1 amide bonds. The first kappa shape index (κ1) is 22.9. The van der Waals surface area contributed by atoms with Gasteiger partial charge in [-0.1, -0.05) is 65.8 Å². The minimum Gasteiger partial charge on any atom is -0.478 e. The number of anilines is 1. The van der Waals surface area contributed by atoms with Crippen molar-refractivity contribution in [1.29, 1.82) is 0 Å². The maximum absolute atomic E-state index is 12.6. The first-order valence-electron chi connectivity index (χ1n) is 11.2. The Morgan fingerprint density at radius 1 is 0.972 bits per heavy atom. The van der Waals surface area contributed by atoms with Gasteiger partial charge < -0.3 is 18.8 Å². The Balaban J connectivity index is 1.35. The van der Waals surface area contributed by atoms with E-state index in [1.54, 1.807) is 26.0 Å². The molecule has 0 bridgehead atoms. The lowest BCUT2D eigenvalue weighted by Crippen LogP contribution is -2.16. The second-order valence-corrected chi connectivity index (χ2v) is 8.30. The number of rotatable bonds is 6. The smallest absolute Gasteiger partial charge is 0.412 e. The van der Waals surface area contributed by atoms with Crippen LogP contribution in [0.3, 0.4) is 0 Å². The summed E-state index contributed by atoms with van der Waals surface area (Å²) in [6.07, 6.45) is 0.210. The third-order valence-corrected chi connectivity index (χ3v) is 5.93. The van der Waals surface area contributed by atoms with Crippen LogP contribution in [0.4, 0.5) is 10.5 Å². The van der Waals surface area contributed by atoms with Crippen LogP contribution in [0.15, 0.2) is 88.0 Å². The molecule has 1 unspecified atom stereocenters. The minimum absolute atomic E-state index is 0.129. The van der Waals surface area contributed by atoms with Gasteiger partial charge in [0.05, 0.1) is 0 Å². The number of nitrogens with zero attached hydrogens (tertiary/aromatic N) is 1. The molecule has 0 spiro atoms. The maximum atomic E-state index is 12.6. The number of aromatic carboxylic acids is 1.